The maximum absolute atomic E-state index is 11.7. The van der Waals surface area contributed by atoms with Gasteiger partial charge in [-0.1, -0.05) is 18.9 Å². The van der Waals surface area contributed by atoms with Gasteiger partial charge < -0.3 is 14.7 Å². The Balaban J connectivity index is 2.08. The lowest BCUT2D eigenvalue weighted by atomic mass is 9.78. The zero-order valence-corrected chi connectivity index (χ0v) is 11.4. The quantitative estimate of drug-likeness (QED) is 0.895. The molecule has 5 nitrogen and oxygen atoms in total. The molecule has 1 aliphatic carbocycles. The van der Waals surface area contributed by atoms with Crippen molar-refractivity contribution >= 4 is 17.6 Å². The van der Waals surface area contributed by atoms with Crippen molar-refractivity contribution in [2.45, 2.75) is 31.1 Å². The molecule has 0 saturated heterocycles. The summed E-state index contributed by atoms with van der Waals surface area (Å²) in [6.45, 7) is 0.0346. The van der Waals surface area contributed by atoms with Gasteiger partial charge in [-0.3, -0.25) is 9.59 Å². The number of benzene rings is 1. The molecule has 1 aromatic carbocycles. The summed E-state index contributed by atoms with van der Waals surface area (Å²) in [4.78, 5) is 24.9. The van der Waals surface area contributed by atoms with Gasteiger partial charge in [0.2, 0.25) is 0 Å². The molecule has 106 valence electrons. The average molecular weight is 275 g/mol. The van der Waals surface area contributed by atoms with Crippen LogP contribution in [0.15, 0.2) is 18.2 Å². The predicted molar refractivity (Wildman–Crippen MR) is 73.1 cm³/mol. The number of ether oxygens (including phenoxy) is 1. The third-order valence-electron chi connectivity index (χ3n) is 4.46. The summed E-state index contributed by atoms with van der Waals surface area (Å²) < 4.78 is 5.38. The average Bonchev–Trinajstić information content (AvgIpc) is 2.93. The number of rotatable bonds is 2. The molecule has 1 amide bonds. The van der Waals surface area contributed by atoms with Crippen LogP contribution >= 0.6 is 0 Å². The molecule has 0 atom stereocenters. The van der Waals surface area contributed by atoms with Crippen LogP contribution in [0.4, 0.5) is 5.69 Å². The standard InChI is InChI=1S/C15H17NO4/c1-16-11-8-10(4-5-12(11)20-9-13(16)17)15(14(18)19)6-2-3-7-15/h4-5,8H,2-3,6-7,9H2,1H3,(H,18,19). The van der Waals surface area contributed by atoms with Crippen molar-refractivity contribution in [2.24, 2.45) is 0 Å². The molecule has 0 radical (unpaired) electrons. The number of hydrogen-bond acceptors (Lipinski definition) is 3. The third-order valence-corrected chi connectivity index (χ3v) is 4.46. The lowest BCUT2D eigenvalue weighted by Gasteiger charge is -2.30. The van der Waals surface area contributed by atoms with Crippen molar-refractivity contribution in [1.29, 1.82) is 0 Å². The largest absolute Gasteiger partial charge is 0.482 e. The summed E-state index contributed by atoms with van der Waals surface area (Å²) in [5.74, 6) is -0.263. The Morgan fingerprint density at radius 3 is 2.70 bits per heavy atom. The van der Waals surface area contributed by atoms with Crippen LogP contribution < -0.4 is 9.64 Å². The molecule has 1 N–H and O–H groups in total. The van der Waals surface area contributed by atoms with E-state index >= 15 is 0 Å². The SMILES string of the molecule is CN1C(=O)COc2ccc(C3(C(=O)O)CCCC3)cc21. The molecule has 1 aliphatic heterocycles. The van der Waals surface area contributed by atoms with Crippen LogP contribution in [-0.4, -0.2) is 30.6 Å². The second kappa shape index (κ2) is 4.51. The molecule has 1 heterocycles. The number of fused-ring (bicyclic) bond motifs is 1. The first-order valence-electron chi connectivity index (χ1n) is 6.82. The molecule has 1 fully saturated rings. The third kappa shape index (κ3) is 1.77. The van der Waals surface area contributed by atoms with Crippen molar-refractivity contribution in [3.05, 3.63) is 23.8 Å². The minimum Gasteiger partial charge on any atom is -0.482 e. The number of nitrogens with zero attached hydrogens (tertiary/aromatic N) is 1. The molecule has 1 saturated carbocycles. The summed E-state index contributed by atoms with van der Waals surface area (Å²) in [7, 11) is 1.69. The fraction of sp³-hybridized carbons (Fsp3) is 0.467. The number of amides is 1. The number of hydrogen-bond donors (Lipinski definition) is 1. The van der Waals surface area contributed by atoms with E-state index < -0.39 is 11.4 Å². The summed E-state index contributed by atoms with van der Waals surface area (Å²) in [5, 5.41) is 9.63. The highest BCUT2D eigenvalue weighted by atomic mass is 16.5. The highest BCUT2D eigenvalue weighted by molar-refractivity contribution is 5.97. The number of carboxylic acid groups (broad SMARTS) is 1. The van der Waals surface area contributed by atoms with Crippen LogP contribution in [0.2, 0.25) is 0 Å². The Morgan fingerprint density at radius 2 is 2.05 bits per heavy atom. The Kier molecular flexibility index (Phi) is 2.92. The number of anilines is 1. The highest BCUT2D eigenvalue weighted by Crippen LogP contribution is 2.44. The summed E-state index contributed by atoms with van der Waals surface area (Å²) in [6.07, 6.45) is 3.16. The molecule has 0 unspecified atom stereocenters. The van der Waals surface area contributed by atoms with Crippen molar-refractivity contribution in [3.63, 3.8) is 0 Å². The van der Waals surface area contributed by atoms with Gasteiger partial charge in [-0.15, -0.1) is 0 Å². The van der Waals surface area contributed by atoms with Gasteiger partial charge >= 0.3 is 5.97 Å². The number of aliphatic carboxylic acids is 1. The molecule has 5 heteroatoms. The molecular weight excluding hydrogens is 258 g/mol. The second-order valence-corrected chi connectivity index (χ2v) is 5.52. The topological polar surface area (TPSA) is 66.8 Å². The molecule has 3 rings (SSSR count). The number of carbonyl (C=O) groups excluding carboxylic acids is 1. The molecule has 2 aliphatic rings. The van der Waals surface area contributed by atoms with Crippen LogP contribution in [0.1, 0.15) is 31.2 Å². The van der Waals surface area contributed by atoms with E-state index in [-0.39, 0.29) is 12.5 Å². The fourth-order valence-corrected chi connectivity index (χ4v) is 3.17. The minimum atomic E-state index is -0.809. The normalized spacial score (nSPS) is 20.4. The summed E-state index contributed by atoms with van der Waals surface area (Å²) in [6, 6.07) is 5.39. The first-order valence-corrected chi connectivity index (χ1v) is 6.82. The van der Waals surface area contributed by atoms with Crippen LogP contribution in [0.25, 0.3) is 0 Å². The van der Waals surface area contributed by atoms with E-state index in [0.29, 0.717) is 24.3 Å². The molecule has 20 heavy (non-hydrogen) atoms. The maximum Gasteiger partial charge on any atom is 0.314 e. The first kappa shape index (κ1) is 13.0. The van der Waals surface area contributed by atoms with Crippen LogP contribution in [-0.2, 0) is 15.0 Å². The highest BCUT2D eigenvalue weighted by Gasteiger charge is 2.43. The zero-order chi connectivity index (χ0) is 14.3. The Labute approximate surface area is 117 Å². The van der Waals surface area contributed by atoms with Gasteiger partial charge in [-0.05, 0) is 30.5 Å². The van der Waals surface area contributed by atoms with Gasteiger partial charge in [-0.2, -0.15) is 0 Å². The monoisotopic (exact) mass is 275 g/mol. The molecular formula is C15H17NO4. The Hall–Kier alpha value is -2.04. The van der Waals surface area contributed by atoms with Gasteiger partial charge in [0.15, 0.2) is 6.61 Å². The predicted octanol–water partition coefficient (Wildman–Crippen LogP) is 1.94. The van der Waals surface area contributed by atoms with E-state index in [1.54, 1.807) is 19.2 Å². The van der Waals surface area contributed by atoms with E-state index in [2.05, 4.69) is 0 Å². The molecule has 0 bridgehead atoms. The van der Waals surface area contributed by atoms with Gasteiger partial charge in [-0.25, -0.2) is 0 Å². The lowest BCUT2D eigenvalue weighted by Crippen LogP contribution is -2.37. The van der Waals surface area contributed by atoms with Crippen LogP contribution in [0, 0.1) is 0 Å². The van der Waals surface area contributed by atoms with Gasteiger partial charge in [0.1, 0.15) is 5.75 Å². The molecule has 0 aromatic heterocycles. The van der Waals surface area contributed by atoms with E-state index in [4.69, 9.17) is 4.74 Å². The lowest BCUT2D eigenvalue weighted by molar-refractivity contribution is -0.143. The maximum atomic E-state index is 11.7. The minimum absolute atomic E-state index is 0.0346. The summed E-state index contributed by atoms with van der Waals surface area (Å²) >= 11 is 0. The Bertz CT molecular complexity index is 575. The zero-order valence-electron chi connectivity index (χ0n) is 11.4. The van der Waals surface area contributed by atoms with E-state index in [1.807, 2.05) is 6.07 Å². The smallest absolute Gasteiger partial charge is 0.314 e. The summed E-state index contributed by atoms with van der Waals surface area (Å²) in [5.41, 5.74) is 0.619. The molecule has 0 spiro atoms. The number of carbonyl (C=O) groups is 2. The van der Waals surface area contributed by atoms with E-state index in [9.17, 15) is 14.7 Å². The van der Waals surface area contributed by atoms with Gasteiger partial charge in [0.05, 0.1) is 11.1 Å². The van der Waals surface area contributed by atoms with E-state index in [1.165, 1.54) is 4.90 Å². The van der Waals surface area contributed by atoms with Crippen LogP contribution in [0.5, 0.6) is 5.75 Å². The van der Waals surface area contributed by atoms with Crippen LogP contribution in [0.3, 0.4) is 0 Å². The van der Waals surface area contributed by atoms with E-state index in [0.717, 1.165) is 18.4 Å². The number of carboxylic acids is 1. The Morgan fingerprint density at radius 1 is 1.35 bits per heavy atom. The van der Waals surface area contributed by atoms with Crippen molar-refractivity contribution in [3.8, 4) is 5.75 Å². The van der Waals surface area contributed by atoms with Gasteiger partial charge in [0.25, 0.3) is 5.91 Å². The first-order chi connectivity index (χ1) is 9.54. The van der Waals surface area contributed by atoms with Crippen molar-refractivity contribution in [2.75, 3.05) is 18.6 Å². The molecule has 1 aromatic rings. The van der Waals surface area contributed by atoms with Crippen molar-refractivity contribution < 1.29 is 19.4 Å². The fourth-order valence-electron chi connectivity index (χ4n) is 3.17. The van der Waals surface area contributed by atoms with Gasteiger partial charge in [0, 0.05) is 7.05 Å². The second-order valence-electron chi connectivity index (χ2n) is 5.52. The van der Waals surface area contributed by atoms with Crippen molar-refractivity contribution in [1.82, 2.24) is 0 Å². The number of likely N-dealkylation sites (N-methyl/N-ethyl adjacent to an activating group) is 1.